The van der Waals surface area contributed by atoms with Gasteiger partial charge in [0.2, 0.25) is 10.0 Å². The predicted molar refractivity (Wildman–Crippen MR) is 60.9 cm³/mol. The molecule has 0 aliphatic heterocycles. The minimum absolute atomic E-state index is 0.0439. The Hall–Kier alpha value is -1.05. The fourth-order valence-corrected chi connectivity index (χ4v) is 1.84. The molecular weight excluding hydrogens is 250 g/mol. The summed E-state index contributed by atoms with van der Waals surface area (Å²) in [5.74, 6) is -1.43. The van der Waals surface area contributed by atoms with Crippen molar-refractivity contribution in [3.05, 3.63) is 35.4 Å². The summed E-state index contributed by atoms with van der Waals surface area (Å²) in [6, 6.07) is 3.59. The van der Waals surface area contributed by atoms with E-state index in [2.05, 4.69) is 10.0 Å². The van der Waals surface area contributed by atoms with Crippen molar-refractivity contribution in [3.63, 3.8) is 0 Å². The van der Waals surface area contributed by atoms with E-state index in [4.69, 9.17) is 0 Å². The Morgan fingerprint density at radius 3 is 2.35 bits per heavy atom. The number of benzene rings is 1. The van der Waals surface area contributed by atoms with E-state index in [0.29, 0.717) is 0 Å². The average Bonchev–Trinajstić information content (AvgIpc) is 2.27. The molecule has 0 bridgehead atoms. The van der Waals surface area contributed by atoms with Crippen molar-refractivity contribution < 1.29 is 17.2 Å². The number of halogens is 2. The minimum atomic E-state index is -3.29. The summed E-state index contributed by atoms with van der Waals surface area (Å²) in [5.41, 5.74) is -0.0886. The maximum absolute atomic E-state index is 13.2. The minimum Gasteiger partial charge on any atom is -0.311 e. The Kier molecular flexibility index (Phi) is 4.98. The molecule has 0 spiro atoms. The van der Waals surface area contributed by atoms with Crippen molar-refractivity contribution in [2.24, 2.45) is 0 Å². The Bertz CT molecular complexity index is 457. The predicted octanol–water partition coefficient (Wildman–Crippen LogP) is 0.604. The molecule has 96 valence electrons. The molecule has 0 aliphatic rings. The SMILES string of the molecule is CNS(=O)(=O)CCNCc1c(F)cccc1F. The number of nitrogens with one attached hydrogen (secondary N) is 2. The molecule has 0 aromatic heterocycles. The van der Waals surface area contributed by atoms with Gasteiger partial charge in [-0.1, -0.05) is 6.07 Å². The molecule has 1 rings (SSSR count). The van der Waals surface area contributed by atoms with E-state index in [9.17, 15) is 17.2 Å². The standard InChI is InChI=1S/C10H14F2N2O2S/c1-13-17(15,16)6-5-14-7-8-9(11)3-2-4-10(8)12/h2-4,13-14H,5-7H2,1H3. The average molecular weight is 264 g/mol. The molecule has 2 N–H and O–H groups in total. The molecule has 0 heterocycles. The van der Waals surface area contributed by atoms with Gasteiger partial charge in [-0.25, -0.2) is 21.9 Å². The molecule has 0 saturated heterocycles. The van der Waals surface area contributed by atoms with Crippen LogP contribution in [0.15, 0.2) is 18.2 Å². The summed E-state index contributed by atoms with van der Waals surface area (Å²) in [4.78, 5) is 0. The Labute approximate surface area is 99.1 Å². The number of sulfonamides is 1. The topological polar surface area (TPSA) is 58.2 Å². The second-order valence-electron chi connectivity index (χ2n) is 3.40. The lowest BCUT2D eigenvalue weighted by atomic mass is 10.2. The molecule has 0 unspecified atom stereocenters. The van der Waals surface area contributed by atoms with E-state index >= 15 is 0 Å². The maximum Gasteiger partial charge on any atom is 0.212 e. The second-order valence-corrected chi connectivity index (χ2v) is 5.45. The molecule has 4 nitrogen and oxygen atoms in total. The highest BCUT2D eigenvalue weighted by Crippen LogP contribution is 2.11. The van der Waals surface area contributed by atoms with Crippen LogP contribution in [0.1, 0.15) is 5.56 Å². The van der Waals surface area contributed by atoms with Gasteiger partial charge in [0.25, 0.3) is 0 Å². The van der Waals surface area contributed by atoms with Crippen LogP contribution in [0.2, 0.25) is 0 Å². The van der Waals surface area contributed by atoms with E-state index in [1.54, 1.807) is 0 Å². The van der Waals surface area contributed by atoms with Crippen molar-refractivity contribution in [2.75, 3.05) is 19.3 Å². The van der Waals surface area contributed by atoms with Crippen LogP contribution in [0.5, 0.6) is 0 Å². The highest BCUT2D eigenvalue weighted by atomic mass is 32.2. The second kappa shape index (κ2) is 6.04. The highest BCUT2D eigenvalue weighted by molar-refractivity contribution is 7.89. The lowest BCUT2D eigenvalue weighted by molar-refractivity contribution is 0.538. The van der Waals surface area contributed by atoms with Crippen LogP contribution in [-0.2, 0) is 16.6 Å². The van der Waals surface area contributed by atoms with Gasteiger partial charge in [0.15, 0.2) is 0 Å². The Balaban J connectivity index is 2.47. The molecule has 0 amide bonds. The Morgan fingerprint density at radius 2 is 1.82 bits per heavy atom. The molecule has 17 heavy (non-hydrogen) atoms. The lowest BCUT2D eigenvalue weighted by Gasteiger charge is -2.07. The summed E-state index contributed by atoms with van der Waals surface area (Å²) in [6.45, 7) is 0.0781. The molecule has 7 heteroatoms. The summed E-state index contributed by atoms with van der Waals surface area (Å²) in [5, 5.41) is 2.67. The molecule has 0 radical (unpaired) electrons. The number of hydrogen-bond donors (Lipinski definition) is 2. The first-order chi connectivity index (χ1) is 7.96. The van der Waals surface area contributed by atoms with Crippen LogP contribution in [-0.4, -0.2) is 27.8 Å². The zero-order valence-electron chi connectivity index (χ0n) is 9.33. The Morgan fingerprint density at radius 1 is 1.24 bits per heavy atom. The third kappa shape index (κ3) is 4.37. The van der Waals surface area contributed by atoms with Crippen LogP contribution in [0.3, 0.4) is 0 Å². The van der Waals surface area contributed by atoms with E-state index < -0.39 is 21.7 Å². The van der Waals surface area contributed by atoms with Crippen LogP contribution >= 0.6 is 0 Å². The van der Waals surface area contributed by atoms with Gasteiger partial charge in [-0.15, -0.1) is 0 Å². The van der Waals surface area contributed by atoms with Crippen LogP contribution in [0.25, 0.3) is 0 Å². The fraction of sp³-hybridized carbons (Fsp3) is 0.400. The van der Waals surface area contributed by atoms with Gasteiger partial charge in [-0.05, 0) is 19.2 Å². The van der Waals surface area contributed by atoms with Gasteiger partial charge in [0.05, 0.1) is 5.75 Å². The van der Waals surface area contributed by atoms with Crippen LogP contribution in [0.4, 0.5) is 8.78 Å². The lowest BCUT2D eigenvalue weighted by Crippen LogP contribution is -2.29. The normalized spacial score (nSPS) is 11.7. The summed E-state index contributed by atoms with van der Waals surface area (Å²) >= 11 is 0. The van der Waals surface area contributed by atoms with Crippen LogP contribution < -0.4 is 10.0 Å². The largest absolute Gasteiger partial charge is 0.311 e. The highest BCUT2D eigenvalue weighted by Gasteiger charge is 2.09. The maximum atomic E-state index is 13.2. The number of hydrogen-bond acceptors (Lipinski definition) is 3. The quantitative estimate of drug-likeness (QED) is 0.740. The van der Waals surface area contributed by atoms with E-state index in [-0.39, 0.29) is 24.4 Å². The molecule has 0 atom stereocenters. The number of rotatable bonds is 6. The van der Waals surface area contributed by atoms with Crippen molar-refractivity contribution in [3.8, 4) is 0 Å². The molecule has 0 aliphatic carbocycles. The zero-order chi connectivity index (χ0) is 12.9. The monoisotopic (exact) mass is 264 g/mol. The molecule has 0 saturated carbocycles. The van der Waals surface area contributed by atoms with Crippen molar-refractivity contribution in [1.29, 1.82) is 0 Å². The van der Waals surface area contributed by atoms with E-state index in [1.807, 2.05) is 0 Å². The first kappa shape index (κ1) is 14.0. The van der Waals surface area contributed by atoms with Crippen LogP contribution in [0, 0.1) is 11.6 Å². The third-order valence-corrected chi connectivity index (χ3v) is 3.59. The summed E-state index contributed by atoms with van der Waals surface area (Å²) in [7, 11) is -1.98. The third-order valence-electron chi connectivity index (χ3n) is 2.22. The van der Waals surface area contributed by atoms with E-state index in [1.165, 1.54) is 13.1 Å². The molecule has 1 aromatic carbocycles. The molecular formula is C10H14F2N2O2S. The van der Waals surface area contributed by atoms with Gasteiger partial charge < -0.3 is 5.32 Å². The van der Waals surface area contributed by atoms with Gasteiger partial charge >= 0.3 is 0 Å². The summed E-state index contributed by atoms with van der Waals surface area (Å²) in [6.07, 6.45) is 0. The first-order valence-electron chi connectivity index (χ1n) is 5.01. The van der Waals surface area contributed by atoms with Crippen molar-refractivity contribution >= 4 is 10.0 Å². The van der Waals surface area contributed by atoms with Crippen molar-refractivity contribution in [1.82, 2.24) is 10.0 Å². The van der Waals surface area contributed by atoms with Crippen molar-refractivity contribution in [2.45, 2.75) is 6.54 Å². The fourth-order valence-electron chi connectivity index (χ4n) is 1.22. The summed E-state index contributed by atoms with van der Waals surface area (Å²) < 4.78 is 50.6. The van der Waals surface area contributed by atoms with Gasteiger partial charge in [-0.3, -0.25) is 0 Å². The van der Waals surface area contributed by atoms with Gasteiger partial charge in [0.1, 0.15) is 11.6 Å². The zero-order valence-corrected chi connectivity index (χ0v) is 10.2. The first-order valence-corrected chi connectivity index (χ1v) is 6.66. The smallest absolute Gasteiger partial charge is 0.212 e. The molecule has 0 fully saturated rings. The van der Waals surface area contributed by atoms with Gasteiger partial charge in [0, 0.05) is 18.7 Å². The van der Waals surface area contributed by atoms with E-state index in [0.717, 1.165) is 12.1 Å². The van der Waals surface area contributed by atoms with Gasteiger partial charge in [-0.2, -0.15) is 0 Å². The molecule has 1 aromatic rings.